The highest BCUT2D eigenvalue weighted by molar-refractivity contribution is 5.93. The third kappa shape index (κ3) is 3.84. The Morgan fingerprint density at radius 1 is 1.25 bits per heavy atom. The summed E-state index contributed by atoms with van der Waals surface area (Å²) in [5, 5.41) is 7.31. The van der Waals surface area contributed by atoms with Crippen molar-refractivity contribution in [2.45, 2.75) is 18.9 Å². The van der Waals surface area contributed by atoms with Crippen molar-refractivity contribution in [1.29, 1.82) is 0 Å². The Labute approximate surface area is 162 Å². The van der Waals surface area contributed by atoms with Crippen LogP contribution in [-0.4, -0.2) is 40.2 Å². The average molecular weight is 382 g/mol. The summed E-state index contributed by atoms with van der Waals surface area (Å²) in [7, 11) is 1.77. The summed E-state index contributed by atoms with van der Waals surface area (Å²) in [6.45, 7) is 2.45. The minimum atomic E-state index is -0.297. The molecule has 3 heterocycles. The van der Waals surface area contributed by atoms with Gasteiger partial charge in [0.25, 0.3) is 5.91 Å². The van der Waals surface area contributed by atoms with E-state index < -0.39 is 0 Å². The number of amides is 1. The summed E-state index contributed by atoms with van der Waals surface area (Å²) in [6.07, 6.45) is 3.98. The molecular formula is C21H23FN4O2. The summed E-state index contributed by atoms with van der Waals surface area (Å²) in [4.78, 5) is 15.0. The highest BCUT2D eigenvalue weighted by Gasteiger charge is 2.26. The molecule has 0 aliphatic carbocycles. The van der Waals surface area contributed by atoms with Crippen LogP contribution in [0.2, 0.25) is 0 Å². The molecule has 4 rings (SSSR count). The van der Waals surface area contributed by atoms with E-state index in [-0.39, 0.29) is 17.8 Å². The molecule has 0 spiro atoms. The highest BCUT2D eigenvalue weighted by atomic mass is 19.1. The molecule has 2 aromatic heterocycles. The fourth-order valence-corrected chi connectivity index (χ4v) is 3.69. The SMILES string of the molecule is Cn1nc(C(=O)NCC(c2ccco2)N2CCCC2)cc1-c1ccc(F)cc1. The molecule has 28 heavy (non-hydrogen) atoms. The maximum absolute atomic E-state index is 13.2. The lowest BCUT2D eigenvalue weighted by Gasteiger charge is -2.25. The van der Waals surface area contributed by atoms with E-state index in [1.54, 1.807) is 36.2 Å². The van der Waals surface area contributed by atoms with Gasteiger partial charge in [0, 0.05) is 13.6 Å². The van der Waals surface area contributed by atoms with Gasteiger partial charge in [-0.05, 0) is 74.0 Å². The molecule has 1 fully saturated rings. The quantitative estimate of drug-likeness (QED) is 0.710. The zero-order valence-corrected chi connectivity index (χ0v) is 15.8. The second-order valence-electron chi connectivity index (χ2n) is 7.03. The Hall–Kier alpha value is -2.93. The topological polar surface area (TPSA) is 63.3 Å². The van der Waals surface area contributed by atoms with E-state index in [1.807, 2.05) is 12.1 Å². The molecule has 0 saturated carbocycles. The van der Waals surface area contributed by atoms with E-state index in [2.05, 4.69) is 15.3 Å². The molecule has 1 aromatic carbocycles. The van der Waals surface area contributed by atoms with Gasteiger partial charge in [-0.15, -0.1) is 0 Å². The third-order valence-electron chi connectivity index (χ3n) is 5.16. The van der Waals surface area contributed by atoms with Crippen LogP contribution in [0.3, 0.4) is 0 Å². The van der Waals surface area contributed by atoms with Crippen molar-refractivity contribution in [3.8, 4) is 11.3 Å². The molecule has 1 amide bonds. The molecule has 1 atom stereocenters. The molecule has 1 aliphatic heterocycles. The fraction of sp³-hybridized carbons (Fsp3) is 0.333. The number of hydrogen-bond donors (Lipinski definition) is 1. The van der Waals surface area contributed by atoms with Crippen molar-refractivity contribution >= 4 is 5.91 Å². The number of likely N-dealkylation sites (tertiary alicyclic amines) is 1. The first-order valence-electron chi connectivity index (χ1n) is 9.47. The van der Waals surface area contributed by atoms with Gasteiger partial charge in [0.2, 0.25) is 0 Å². The molecule has 6 nitrogen and oxygen atoms in total. The van der Waals surface area contributed by atoms with Gasteiger partial charge < -0.3 is 9.73 Å². The largest absolute Gasteiger partial charge is 0.468 e. The van der Waals surface area contributed by atoms with Gasteiger partial charge in [0.05, 0.1) is 18.0 Å². The number of nitrogens with one attached hydrogen (secondary N) is 1. The first kappa shape index (κ1) is 18.4. The van der Waals surface area contributed by atoms with E-state index in [0.717, 1.165) is 42.9 Å². The first-order chi connectivity index (χ1) is 13.6. The lowest BCUT2D eigenvalue weighted by atomic mass is 10.1. The van der Waals surface area contributed by atoms with E-state index in [9.17, 15) is 9.18 Å². The molecule has 0 radical (unpaired) electrons. The lowest BCUT2D eigenvalue weighted by Crippen LogP contribution is -2.36. The maximum atomic E-state index is 13.2. The third-order valence-corrected chi connectivity index (χ3v) is 5.16. The van der Waals surface area contributed by atoms with Crippen LogP contribution in [0, 0.1) is 5.82 Å². The van der Waals surface area contributed by atoms with Crippen LogP contribution >= 0.6 is 0 Å². The van der Waals surface area contributed by atoms with Crippen molar-refractivity contribution in [3.05, 3.63) is 66.0 Å². The molecule has 1 unspecified atom stereocenters. The van der Waals surface area contributed by atoms with Gasteiger partial charge in [0.1, 0.15) is 11.6 Å². The van der Waals surface area contributed by atoms with Crippen molar-refractivity contribution in [1.82, 2.24) is 20.0 Å². The fourth-order valence-electron chi connectivity index (χ4n) is 3.69. The number of benzene rings is 1. The van der Waals surface area contributed by atoms with Crippen molar-refractivity contribution in [2.75, 3.05) is 19.6 Å². The number of rotatable bonds is 6. The summed E-state index contributed by atoms with van der Waals surface area (Å²) >= 11 is 0. The number of furan rings is 1. The Morgan fingerprint density at radius 3 is 2.68 bits per heavy atom. The first-order valence-corrected chi connectivity index (χ1v) is 9.47. The molecule has 1 saturated heterocycles. The Kier molecular flexibility index (Phi) is 5.25. The van der Waals surface area contributed by atoms with Crippen LogP contribution in [0.15, 0.2) is 53.1 Å². The van der Waals surface area contributed by atoms with E-state index in [4.69, 9.17) is 4.42 Å². The summed E-state index contributed by atoms with van der Waals surface area (Å²) < 4.78 is 20.4. The number of carbonyl (C=O) groups is 1. The predicted molar refractivity (Wildman–Crippen MR) is 103 cm³/mol. The highest BCUT2D eigenvalue weighted by Crippen LogP contribution is 2.25. The smallest absolute Gasteiger partial charge is 0.271 e. The normalized spacial score (nSPS) is 15.6. The van der Waals surface area contributed by atoms with Gasteiger partial charge in [-0.3, -0.25) is 14.4 Å². The zero-order chi connectivity index (χ0) is 19.5. The Bertz CT molecular complexity index is 928. The zero-order valence-electron chi connectivity index (χ0n) is 15.8. The van der Waals surface area contributed by atoms with Crippen LogP contribution in [0.5, 0.6) is 0 Å². The molecule has 3 aromatic rings. The van der Waals surface area contributed by atoms with E-state index >= 15 is 0 Å². The number of aromatic nitrogens is 2. The van der Waals surface area contributed by atoms with Gasteiger partial charge >= 0.3 is 0 Å². The van der Waals surface area contributed by atoms with Gasteiger partial charge in [0.15, 0.2) is 5.69 Å². The number of halogens is 1. The van der Waals surface area contributed by atoms with Crippen LogP contribution in [0.4, 0.5) is 4.39 Å². The minimum absolute atomic E-state index is 0.0155. The number of hydrogen-bond acceptors (Lipinski definition) is 4. The predicted octanol–water partition coefficient (Wildman–Crippen LogP) is 3.39. The molecule has 1 aliphatic rings. The van der Waals surface area contributed by atoms with E-state index in [1.165, 1.54) is 12.1 Å². The van der Waals surface area contributed by atoms with Gasteiger partial charge in [-0.2, -0.15) is 5.10 Å². The second-order valence-corrected chi connectivity index (χ2v) is 7.03. The number of nitrogens with zero attached hydrogens (tertiary/aromatic N) is 3. The van der Waals surface area contributed by atoms with Gasteiger partial charge in [-0.25, -0.2) is 4.39 Å². The van der Waals surface area contributed by atoms with Crippen molar-refractivity contribution < 1.29 is 13.6 Å². The maximum Gasteiger partial charge on any atom is 0.271 e. The summed E-state index contributed by atoms with van der Waals surface area (Å²) in [6, 6.07) is 11.7. The standard InChI is InChI=1S/C21H23FN4O2/c1-25-18(15-6-8-16(22)9-7-15)13-17(24-25)21(27)23-14-19(20-5-4-12-28-20)26-10-2-3-11-26/h4-9,12-13,19H,2-3,10-11,14H2,1H3,(H,23,27). The minimum Gasteiger partial charge on any atom is -0.468 e. The second kappa shape index (κ2) is 7.98. The van der Waals surface area contributed by atoms with Crippen LogP contribution in [-0.2, 0) is 7.05 Å². The average Bonchev–Trinajstić information content (AvgIpc) is 3.45. The lowest BCUT2D eigenvalue weighted by molar-refractivity contribution is 0.0928. The number of carbonyl (C=O) groups excluding carboxylic acids is 1. The molecule has 1 N–H and O–H groups in total. The Morgan fingerprint density at radius 2 is 2.00 bits per heavy atom. The van der Waals surface area contributed by atoms with Crippen LogP contribution < -0.4 is 5.32 Å². The van der Waals surface area contributed by atoms with Crippen molar-refractivity contribution in [2.24, 2.45) is 7.05 Å². The van der Waals surface area contributed by atoms with Crippen LogP contribution in [0.1, 0.15) is 35.1 Å². The number of aryl methyl sites for hydroxylation is 1. The molecule has 7 heteroatoms. The molecule has 0 bridgehead atoms. The van der Waals surface area contributed by atoms with Crippen LogP contribution in [0.25, 0.3) is 11.3 Å². The summed E-state index contributed by atoms with van der Waals surface area (Å²) in [5.74, 6) is 0.324. The molecule has 146 valence electrons. The monoisotopic (exact) mass is 382 g/mol. The van der Waals surface area contributed by atoms with Gasteiger partial charge in [-0.1, -0.05) is 0 Å². The Balaban J connectivity index is 1.47. The summed E-state index contributed by atoms with van der Waals surface area (Å²) in [5.41, 5.74) is 1.90. The molecular weight excluding hydrogens is 359 g/mol. The van der Waals surface area contributed by atoms with Crippen molar-refractivity contribution in [3.63, 3.8) is 0 Å². The van der Waals surface area contributed by atoms with E-state index in [0.29, 0.717) is 12.2 Å².